The third-order valence-electron chi connectivity index (χ3n) is 4.94. The van der Waals surface area contributed by atoms with E-state index in [9.17, 15) is 0 Å². The first kappa shape index (κ1) is 18.7. The van der Waals surface area contributed by atoms with Crippen molar-refractivity contribution in [3.05, 3.63) is 121 Å². The van der Waals surface area contributed by atoms with Crippen molar-refractivity contribution >= 4 is 33.7 Å². The first-order chi connectivity index (χ1) is 17.7. The largest absolute Gasteiger partial charge is 0.298 e. The highest BCUT2D eigenvalue weighted by Gasteiger charge is 2.17. The van der Waals surface area contributed by atoms with Crippen LogP contribution in [0, 0.1) is 0 Å². The number of benzene rings is 3. The molecule has 6 nitrogen and oxygen atoms in total. The summed E-state index contributed by atoms with van der Waals surface area (Å²) in [5, 5.41) is 3.06. The van der Waals surface area contributed by atoms with Gasteiger partial charge in [0, 0.05) is 46.1 Å². The molecule has 0 aliphatic carbocycles. The molecule has 0 aliphatic heterocycles. The van der Waals surface area contributed by atoms with E-state index in [4.69, 9.17) is 22.3 Å². The Kier molecular flexibility index (Phi) is 5.60. The Labute approximate surface area is 199 Å². The minimum atomic E-state index is 0.358. The lowest BCUT2D eigenvalue weighted by Gasteiger charge is -2.14. The minimum Gasteiger partial charge on any atom is -0.298 e. The van der Waals surface area contributed by atoms with Crippen LogP contribution in [0.25, 0.3) is 33.7 Å². The molecule has 166 valence electrons. The molecule has 0 atom stereocenters. The fourth-order valence-corrected chi connectivity index (χ4v) is 3.43. The lowest BCUT2D eigenvalue weighted by atomic mass is 10.0. The molecule has 0 saturated carbocycles. The smallest absolute Gasteiger partial charge is 0.194 e. The molecule has 0 spiro atoms. The van der Waals surface area contributed by atoms with E-state index >= 15 is 0 Å². The molecule has 0 radical (unpaired) electrons. The number of nitrogens with zero attached hydrogens (tertiary/aromatic N) is 2. The first-order valence-corrected chi connectivity index (χ1v) is 10.5. The molecule has 0 fully saturated rings. The number of pyridine rings is 2. The first-order valence-electron chi connectivity index (χ1n) is 11.5. The highest BCUT2D eigenvalue weighted by Crippen LogP contribution is 2.42. The highest BCUT2D eigenvalue weighted by molar-refractivity contribution is 6.10. The summed E-state index contributed by atoms with van der Waals surface area (Å²) in [6.07, 6.45) is 9.11. The summed E-state index contributed by atoms with van der Waals surface area (Å²) in [6, 6.07) is 22.3. The normalized spacial score (nSPS) is 12.1. The zero-order valence-corrected chi connectivity index (χ0v) is 17.9. The molecule has 0 aliphatic rings. The van der Waals surface area contributed by atoms with E-state index in [1.54, 1.807) is 48.8 Å². The van der Waals surface area contributed by atoms with Crippen LogP contribution in [0.1, 0.15) is 14.1 Å². The predicted octanol–water partition coefficient (Wildman–Crippen LogP) is 6.75. The van der Waals surface area contributed by atoms with Crippen LogP contribution in [0.3, 0.4) is 0 Å². The molecule has 6 heteroatoms. The van der Waals surface area contributed by atoms with E-state index < -0.39 is 0 Å². The maximum atomic E-state index is 7.68. The Morgan fingerprint density at radius 2 is 0.971 bits per heavy atom. The van der Waals surface area contributed by atoms with Crippen molar-refractivity contribution in [2.45, 2.75) is 0 Å². The van der Waals surface area contributed by atoms with Crippen LogP contribution < -0.4 is 9.78 Å². The van der Waals surface area contributed by atoms with Gasteiger partial charge in [-0.1, -0.05) is 60.6 Å². The monoisotopic (exact) mass is 450 g/mol. The third kappa shape index (κ3) is 4.66. The molecule has 5 rings (SSSR count). The van der Waals surface area contributed by atoms with Crippen LogP contribution in [0.5, 0.6) is 11.5 Å². The summed E-state index contributed by atoms with van der Waals surface area (Å²) < 4.78 is 15.4. The fraction of sp³-hybridized carbons (Fsp3) is 0. The predicted molar refractivity (Wildman–Crippen MR) is 131 cm³/mol. The lowest BCUT2D eigenvalue weighted by molar-refractivity contribution is -0.147. The second-order valence-electron chi connectivity index (χ2n) is 7.08. The molecule has 5 aromatic rings. The minimum absolute atomic E-state index is 0.358. The number of fused-ring (bicyclic) bond motifs is 2. The third-order valence-corrected chi connectivity index (χ3v) is 4.94. The van der Waals surface area contributed by atoms with Crippen molar-refractivity contribution in [3.8, 4) is 11.5 Å². The summed E-state index contributed by atoms with van der Waals surface area (Å²) in [6.45, 7) is 0. The summed E-state index contributed by atoms with van der Waals surface area (Å²) in [7, 11) is 0. The Hall–Kier alpha value is -4.84. The molecule has 0 amide bonds. The van der Waals surface area contributed by atoms with Crippen molar-refractivity contribution in [3.63, 3.8) is 0 Å². The Bertz CT molecular complexity index is 1410. The maximum absolute atomic E-state index is 7.68. The van der Waals surface area contributed by atoms with Gasteiger partial charge in [-0.2, -0.15) is 0 Å². The van der Waals surface area contributed by atoms with E-state index in [1.165, 1.54) is 12.5 Å². The second-order valence-corrected chi connectivity index (χ2v) is 7.08. The fourth-order valence-electron chi connectivity index (χ4n) is 3.43. The van der Waals surface area contributed by atoms with E-state index in [0.717, 1.165) is 21.5 Å². The van der Waals surface area contributed by atoms with E-state index in [1.807, 2.05) is 48.5 Å². The Balaban J connectivity index is 1.43. The van der Waals surface area contributed by atoms with Crippen LogP contribution in [0.15, 0.2) is 110 Å². The standard InChI is InChI=1S/C28H20N2O4/c1-2-12-24-23(11-1)27(33-31-19-15-21-9-5-7-17-29-21)25-13-3-4-14-26(25)28(24)34-32-20-16-22-10-6-8-18-30-22/h1-20H/b19-15-,20-16-/i5D,6D. The summed E-state index contributed by atoms with van der Waals surface area (Å²) >= 11 is 0. The Morgan fingerprint density at radius 1 is 0.559 bits per heavy atom. The lowest BCUT2D eigenvalue weighted by Crippen LogP contribution is -1.97. The Morgan fingerprint density at radius 3 is 1.35 bits per heavy atom. The van der Waals surface area contributed by atoms with Gasteiger partial charge in [-0.05, 0) is 24.3 Å². The summed E-state index contributed by atoms with van der Waals surface area (Å²) in [5.41, 5.74) is 1.17. The molecule has 2 heterocycles. The van der Waals surface area contributed by atoms with Gasteiger partial charge in [-0.15, -0.1) is 0 Å². The molecule has 34 heavy (non-hydrogen) atoms. The molecule has 0 N–H and O–H groups in total. The van der Waals surface area contributed by atoms with Crippen molar-refractivity contribution in [1.82, 2.24) is 9.97 Å². The van der Waals surface area contributed by atoms with Gasteiger partial charge in [-0.3, -0.25) is 29.5 Å². The van der Waals surface area contributed by atoms with E-state index in [0.29, 0.717) is 35.0 Å². The molecule has 0 bridgehead atoms. The van der Waals surface area contributed by atoms with Crippen molar-refractivity contribution in [2.75, 3.05) is 0 Å². The molecule has 0 unspecified atom stereocenters. The molecular formula is C28H20N2O4. The second kappa shape index (κ2) is 10.2. The zero-order valence-electron chi connectivity index (χ0n) is 19.9. The topological polar surface area (TPSA) is 62.7 Å². The van der Waals surface area contributed by atoms with Gasteiger partial charge in [0.2, 0.25) is 0 Å². The molecule has 2 aromatic heterocycles. The van der Waals surface area contributed by atoms with E-state index in [2.05, 4.69) is 9.97 Å². The van der Waals surface area contributed by atoms with Crippen LogP contribution in [-0.2, 0) is 9.78 Å². The van der Waals surface area contributed by atoms with Gasteiger partial charge in [-0.25, -0.2) is 0 Å². The summed E-state index contributed by atoms with van der Waals surface area (Å²) in [4.78, 5) is 30.6. The van der Waals surface area contributed by atoms with Crippen LogP contribution in [0.4, 0.5) is 0 Å². The van der Waals surface area contributed by atoms with Gasteiger partial charge in [0.15, 0.2) is 11.5 Å². The molecular weight excluding hydrogens is 428 g/mol. The summed E-state index contributed by atoms with van der Waals surface area (Å²) in [5.74, 6) is 1.04. The highest BCUT2D eigenvalue weighted by atomic mass is 17.2. The van der Waals surface area contributed by atoms with Gasteiger partial charge in [0.25, 0.3) is 0 Å². The van der Waals surface area contributed by atoms with Gasteiger partial charge in [0.05, 0.1) is 14.1 Å². The van der Waals surface area contributed by atoms with Crippen molar-refractivity contribution in [1.29, 1.82) is 0 Å². The number of hydrogen-bond donors (Lipinski definition) is 0. The van der Waals surface area contributed by atoms with Crippen LogP contribution >= 0.6 is 0 Å². The number of hydrogen-bond acceptors (Lipinski definition) is 6. The number of rotatable bonds is 8. The SMILES string of the molecule is [2H]c1ccnc(/C=C\OOc2c3ccccc3c(OO/C=C\c3cc([2H])ccn3)c3ccccc23)c1. The van der Waals surface area contributed by atoms with Gasteiger partial charge < -0.3 is 0 Å². The quantitative estimate of drug-likeness (QED) is 0.113. The van der Waals surface area contributed by atoms with Crippen molar-refractivity contribution < 1.29 is 22.3 Å². The average Bonchev–Trinajstić information content (AvgIpc) is 2.89. The van der Waals surface area contributed by atoms with E-state index in [-0.39, 0.29) is 0 Å². The van der Waals surface area contributed by atoms with Gasteiger partial charge in [0.1, 0.15) is 12.5 Å². The van der Waals surface area contributed by atoms with Crippen molar-refractivity contribution in [2.24, 2.45) is 0 Å². The maximum Gasteiger partial charge on any atom is 0.194 e. The molecule has 0 saturated heterocycles. The van der Waals surface area contributed by atoms with Crippen LogP contribution in [0.2, 0.25) is 0 Å². The number of aromatic nitrogens is 2. The van der Waals surface area contributed by atoms with Crippen LogP contribution in [-0.4, -0.2) is 9.97 Å². The van der Waals surface area contributed by atoms with Gasteiger partial charge >= 0.3 is 0 Å². The average molecular weight is 450 g/mol. The zero-order chi connectivity index (χ0) is 24.7. The molecule has 3 aromatic carbocycles.